The highest BCUT2D eigenvalue weighted by Gasteiger charge is 2.25. The van der Waals surface area contributed by atoms with E-state index in [2.05, 4.69) is 43.4 Å². The lowest BCUT2D eigenvalue weighted by Gasteiger charge is -2.31. The molecule has 0 atom stereocenters. The summed E-state index contributed by atoms with van der Waals surface area (Å²) >= 11 is 0. The summed E-state index contributed by atoms with van der Waals surface area (Å²) in [4.78, 5) is 13.4. The van der Waals surface area contributed by atoms with Crippen LogP contribution < -0.4 is 11.1 Å². The smallest absolute Gasteiger partial charge is 0.236 e. The Kier molecular flexibility index (Phi) is 6.49. The first-order chi connectivity index (χ1) is 13.2. The molecule has 3 rings (SSSR count). The molecule has 1 amide bonds. The summed E-state index contributed by atoms with van der Waals surface area (Å²) in [5.74, 6) is 0.747. The Morgan fingerprint density at radius 3 is 2.54 bits per heavy atom. The molecule has 1 fully saturated rings. The number of hydrogen-bond donors (Lipinski definition) is 2. The molecule has 154 valence electrons. The number of nitrogens with zero attached hydrogens (tertiary/aromatic N) is 1. The van der Waals surface area contributed by atoms with Crippen LogP contribution in [0.5, 0.6) is 0 Å². The topological polar surface area (TPSA) is 58.4 Å². The molecule has 0 bridgehead atoms. The highest BCUT2D eigenvalue weighted by Crippen LogP contribution is 2.41. The third-order valence-electron chi connectivity index (χ3n) is 6.63. The summed E-state index contributed by atoms with van der Waals surface area (Å²) in [6.45, 7) is 5.14. The highest BCUT2D eigenvalue weighted by atomic mass is 16.2. The van der Waals surface area contributed by atoms with Gasteiger partial charge in [0.25, 0.3) is 0 Å². The Morgan fingerprint density at radius 2 is 1.93 bits per heavy atom. The van der Waals surface area contributed by atoms with Crippen molar-refractivity contribution < 1.29 is 4.79 Å². The molecule has 0 heterocycles. The first-order valence-electron chi connectivity index (χ1n) is 10.8. The van der Waals surface area contributed by atoms with Gasteiger partial charge in [-0.3, -0.25) is 4.79 Å². The van der Waals surface area contributed by atoms with Gasteiger partial charge in [-0.15, -0.1) is 0 Å². The van der Waals surface area contributed by atoms with Crippen LogP contribution in [0, 0.1) is 5.41 Å². The minimum Gasteiger partial charge on any atom is -0.398 e. The van der Waals surface area contributed by atoms with E-state index in [-0.39, 0.29) is 5.91 Å². The van der Waals surface area contributed by atoms with Gasteiger partial charge in [0.2, 0.25) is 5.91 Å². The average Bonchev–Trinajstić information content (AvgIpc) is 2.67. The van der Waals surface area contributed by atoms with Gasteiger partial charge in [0.1, 0.15) is 0 Å². The van der Waals surface area contributed by atoms with Gasteiger partial charge in [-0.2, -0.15) is 0 Å². The SMILES string of the molecule is CN(C)C(=O)CNC1CCC(c2ccc(N)c(C3=CCC(C)(C)CC3)c2)CC1. The van der Waals surface area contributed by atoms with E-state index in [4.69, 9.17) is 5.73 Å². The molecule has 0 unspecified atom stereocenters. The van der Waals surface area contributed by atoms with Crippen LogP contribution in [-0.2, 0) is 4.79 Å². The van der Waals surface area contributed by atoms with Crippen LogP contribution in [0.2, 0.25) is 0 Å². The highest BCUT2D eigenvalue weighted by molar-refractivity contribution is 5.77. The molecule has 1 saturated carbocycles. The van der Waals surface area contributed by atoms with Gasteiger partial charge in [-0.05, 0) is 79.5 Å². The molecule has 2 aliphatic rings. The molecule has 28 heavy (non-hydrogen) atoms. The first kappa shape index (κ1) is 20.9. The van der Waals surface area contributed by atoms with Crippen molar-refractivity contribution in [3.8, 4) is 0 Å². The van der Waals surface area contributed by atoms with Gasteiger partial charge in [0, 0.05) is 31.4 Å². The number of rotatable bonds is 5. The summed E-state index contributed by atoms with van der Waals surface area (Å²) in [6, 6.07) is 7.13. The standard InChI is InChI=1S/C24H37N3O/c1-24(2)13-11-18(12-14-24)21-15-19(7-10-22(21)25)17-5-8-20(9-6-17)26-16-23(28)27(3)4/h7,10-11,15,17,20,26H,5-6,8-9,12-14,16,25H2,1-4H3. The maximum Gasteiger partial charge on any atom is 0.236 e. The van der Waals surface area contributed by atoms with E-state index in [0.717, 1.165) is 31.4 Å². The average molecular weight is 384 g/mol. The summed E-state index contributed by atoms with van der Waals surface area (Å²) in [7, 11) is 3.62. The number of nitrogen functional groups attached to an aromatic ring is 1. The molecule has 0 spiro atoms. The van der Waals surface area contributed by atoms with E-state index in [1.807, 2.05) is 14.1 Å². The predicted molar refractivity (Wildman–Crippen MR) is 118 cm³/mol. The number of anilines is 1. The Labute approximate surface area is 170 Å². The molecule has 1 aromatic rings. The molecule has 0 aromatic heterocycles. The fourth-order valence-electron chi connectivity index (χ4n) is 4.45. The number of carbonyl (C=O) groups is 1. The van der Waals surface area contributed by atoms with Crippen molar-refractivity contribution >= 4 is 17.2 Å². The first-order valence-corrected chi connectivity index (χ1v) is 10.8. The van der Waals surface area contributed by atoms with E-state index in [9.17, 15) is 4.79 Å². The van der Waals surface area contributed by atoms with E-state index < -0.39 is 0 Å². The van der Waals surface area contributed by atoms with Crippen molar-refractivity contribution in [1.82, 2.24) is 10.2 Å². The predicted octanol–water partition coefficient (Wildman–Crippen LogP) is 4.57. The fourth-order valence-corrected chi connectivity index (χ4v) is 4.45. The summed E-state index contributed by atoms with van der Waals surface area (Å²) < 4.78 is 0. The number of hydrogen-bond acceptors (Lipinski definition) is 3. The van der Waals surface area contributed by atoms with Crippen molar-refractivity contribution in [2.75, 3.05) is 26.4 Å². The number of allylic oxidation sites excluding steroid dienone is 2. The van der Waals surface area contributed by atoms with Gasteiger partial charge >= 0.3 is 0 Å². The van der Waals surface area contributed by atoms with Crippen LogP contribution in [0.1, 0.15) is 75.8 Å². The van der Waals surface area contributed by atoms with Crippen LogP contribution in [0.25, 0.3) is 5.57 Å². The Hall–Kier alpha value is -1.81. The van der Waals surface area contributed by atoms with E-state index in [1.54, 1.807) is 4.90 Å². The van der Waals surface area contributed by atoms with Crippen molar-refractivity contribution in [3.63, 3.8) is 0 Å². The van der Waals surface area contributed by atoms with E-state index in [0.29, 0.717) is 23.9 Å². The third kappa shape index (κ3) is 5.16. The molecule has 3 N–H and O–H groups in total. The quantitative estimate of drug-likeness (QED) is 0.733. The number of nitrogens with one attached hydrogen (secondary N) is 1. The molecular formula is C24H37N3O. The van der Waals surface area contributed by atoms with Gasteiger partial charge in [0.05, 0.1) is 6.54 Å². The zero-order valence-electron chi connectivity index (χ0n) is 18.1. The monoisotopic (exact) mass is 383 g/mol. The molecule has 0 saturated heterocycles. The second-order valence-electron chi connectivity index (χ2n) is 9.66. The molecule has 0 aliphatic heterocycles. The van der Waals surface area contributed by atoms with Crippen molar-refractivity contribution in [3.05, 3.63) is 35.4 Å². The molecule has 1 aromatic carbocycles. The minimum absolute atomic E-state index is 0.147. The zero-order chi connectivity index (χ0) is 20.3. The lowest BCUT2D eigenvalue weighted by molar-refractivity contribution is -0.127. The Morgan fingerprint density at radius 1 is 1.21 bits per heavy atom. The third-order valence-corrected chi connectivity index (χ3v) is 6.63. The van der Waals surface area contributed by atoms with Gasteiger partial charge in [0.15, 0.2) is 0 Å². The zero-order valence-corrected chi connectivity index (χ0v) is 18.1. The maximum absolute atomic E-state index is 11.8. The largest absolute Gasteiger partial charge is 0.398 e. The summed E-state index contributed by atoms with van der Waals surface area (Å²) in [6.07, 6.45) is 10.5. The number of benzene rings is 1. The fraction of sp³-hybridized carbons (Fsp3) is 0.625. The lowest BCUT2D eigenvalue weighted by Crippen LogP contribution is -2.40. The Bertz CT molecular complexity index is 727. The van der Waals surface area contributed by atoms with Crippen LogP contribution in [0.3, 0.4) is 0 Å². The maximum atomic E-state index is 11.8. The molecule has 4 nitrogen and oxygen atoms in total. The molecule has 4 heteroatoms. The number of amides is 1. The minimum atomic E-state index is 0.147. The van der Waals surface area contributed by atoms with Crippen molar-refractivity contribution in [2.24, 2.45) is 5.41 Å². The molecule has 2 aliphatic carbocycles. The van der Waals surface area contributed by atoms with Crippen molar-refractivity contribution in [1.29, 1.82) is 0 Å². The van der Waals surface area contributed by atoms with Crippen LogP contribution >= 0.6 is 0 Å². The van der Waals surface area contributed by atoms with Crippen LogP contribution in [0.15, 0.2) is 24.3 Å². The molecular weight excluding hydrogens is 346 g/mol. The number of likely N-dealkylation sites (N-methyl/N-ethyl adjacent to an activating group) is 1. The number of nitrogens with two attached hydrogens (primary N) is 1. The number of carbonyl (C=O) groups excluding carboxylic acids is 1. The molecule has 0 radical (unpaired) electrons. The van der Waals surface area contributed by atoms with E-state index in [1.165, 1.54) is 36.0 Å². The van der Waals surface area contributed by atoms with Gasteiger partial charge < -0.3 is 16.0 Å². The Balaban J connectivity index is 1.61. The van der Waals surface area contributed by atoms with Crippen LogP contribution in [0.4, 0.5) is 5.69 Å². The van der Waals surface area contributed by atoms with Crippen molar-refractivity contribution in [2.45, 2.75) is 70.8 Å². The second kappa shape index (κ2) is 8.69. The normalized spacial score (nSPS) is 24.5. The van der Waals surface area contributed by atoms with E-state index >= 15 is 0 Å². The lowest BCUT2D eigenvalue weighted by atomic mass is 9.76. The second-order valence-corrected chi connectivity index (χ2v) is 9.66. The van der Waals surface area contributed by atoms with Crippen LogP contribution in [-0.4, -0.2) is 37.5 Å². The summed E-state index contributed by atoms with van der Waals surface area (Å²) in [5, 5.41) is 3.43. The van der Waals surface area contributed by atoms with Gasteiger partial charge in [-0.25, -0.2) is 0 Å². The summed E-state index contributed by atoms with van der Waals surface area (Å²) in [5.41, 5.74) is 11.8. The van der Waals surface area contributed by atoms with Gasteiger partial charge in [-0.1, -0.05) is 26.0 Å².